The molecule has 0 saturated heterocycles. The molecule has 0 atom stereocenters. The second kappa shape index (κ2) is 6.33. The molecule has 1 rings (SSSR count). The number of carbonyl (C=O) groups excluding carboxylic acids is 2. The zero-order valence-corrected chi connectivity index (χ0v) is 11.6. The maximum Gasteiger partial charge on any atom is 0.251 e. The number of amides is 2. The maximum atomic E-state index is 11.6. The van der Waals surface area contributed by atoms with Crippen molar-refractivity contribution in [3.8, 4) is 0 Å². The predicted octanol–water partition coefficient (Wildman–Crippen LogP) is 0.442. The highest BCUT2D eigenvalue weighted by Gasteiger charge is 2.20. The first-order valence-electron chi connectivity index (χ1n) is 6.23. The topological polar surface area (TPSA) is 84.2 Å². The summed E-state index contributed by atoms with van der Waals surface area (Å²) in [6.07, 6.45) is 0.659. The van der Waals surface area contributed by atoms with Crippen molar-refractivity contribution in [2.45, 2.75) is 25.8 Å². The summed E-state index contributed by atoms with van der Waals surface area (Å²) in [5.41, 5.74) is 6.42. The molecule has 4 N–H and O–H groups in total. The van der Waals surface area contributed by atoms with Crippen LogP contribution in [0.4, 0.5) is 0 Å². The molecule has 104 valence electrons. The van der Waals surface area contributed by atoms with Crippen molar-refractivity contribution in [1.29, 1.82) is 0 Å². The summed E-state index contributed by atoms with van der Waals surface area (Å²) in [5, 5.41) is 5.35. The number of benzene rings is 1. The van der Waals surface area contributed by atoms with Crippen molar-refractivity contribution in [1.82, 2.24) is 10.6 Å². The highest BCUT2D eigenvalue weighted by atomic mass is 16.2. The molecule has 2 amide bonds. The number of hydrogen-bond donors (Lipinski definition) is 3. The van der Waals surface area contributed by atoms with E-state index in [1.807, 2.05) is 18.2 Å². The third-order valence-corrected chi connectivity index (χ3v) is 2.70. The number of rotatable bonds is 5. The Morgan fingerprint density at radius 1 is 1.32 bits per heavy atom. The van der Waals surface area contributed by atoms with E-state index in [2.05, 4.69) is 10.6 Å². The summed E-state index contributed by atoms with van der Waals surface area (Å²) >= 11 is 0. The lowest BCUT2D eigenvalue weighted by molar-refractivity contribution is -0.125. The normalized spacial score (nSPS) is 10.9. The smallest absolute Gasteiger partial charge is 0.251 e. The van der Waals surface area contributed by atoms with E-state index in [-0.39, 0.29) is 11.8 Å². The lowest BCUT2D eigenvalue weighted by Crippen LogP contribution is -2.49. The molecule has 0 aliphatic carbocycles. The Hall–Kier alpha value is -1.88. The summed E-state index contributed by atoms with van der Waals surface area (Å²) in [7, 11) is 1.60. The Bertz CT molecular complexity index is 464. The summed E-state index contributed by atoms with van der Waals surface area (Å²) in [4.78, 5) is 23.1. The van der Waals surface area contributed by atoms with Crippen LogP contribution in [0.5, 0.6) is 0 Å². The van der Waals surface area contributed by atoms with Crippen LogP contribution in [-0.2, 0) is 11.2 Å². The van der Waals surface area contributed by atoms with Gasteiger partial charge in [0, 0.05) is 19.2 Å². The molecular weight excluding hydrogens is 242 g/mol. The third kappa shape index (κ3) is 4.71. The molecule has 0 spiro atoms. The zero-order chi connectivity index (χ0) is 14.5. The Kier molecular flexibility index (Phi) is 5.06. The maximum absolute atomic E-state index is 11.6. The van der Waals surface area contributed by atoms with Crippen LogP contribution in [0.3, 0.4) is 0 Å². The van der Waals surface area contributed by atoms with Crippen LogP contribution in [0, 0.1) is 0 Å². The fraction of sp³-hybridized carbons (Fsp3) is 0.429. The van der Waals surface area contributed by atoms with Crippen molar-refractivity contribution in [3.05, 3.63) is 35.4 Å². The molecule has 0 aromatic heterocycles. The Morgan fingerprint density at radius 2 is 2.00 bits per heavy atom. The standard InChI is InChI=1S/C14H21N3O2/c1-14(2,15)13(19)17-8-7-10-5-4-6-11(9-10)12(18)16-3/h4-6,9H,7-8,15H2,1-3H3,(H,16,18)(H,17,19). The van der Waals surface area contributed by atoms with Crippen LogP contribution in [-0.4, -0.2) is 30.9 Å². The van der Waals surface area contributed by atoms with E-state index in [0.717, 1.165) is 5.56 Å². The summed E-state index contributed by atoms with van der Waals surface area (Å²) in [5.74, 6) is -0.302. The monoisotopic (exact) mass is 263 g/mol. The van der Waals surface area contributed by atoms with Crippen LogP contribution >= 0.6 is 0 Å². The molecule has 0 radical (unpaired) electrons. The summed E-state index contributed by atoms with van der Waals surface area (Å²) < 4.78 is 0. The fourth-order valence-electron chi connectivity index (χ4n) is 1.56. The molecule has 0 aliphatic heterocycles. The second-order valence-corrected chi connectivity index (χ2v) is 5.01. The van der Waals surface area contributed by atoms with Crippen LogP contribution in [0.1, 0.15) is 29.8 Å². The quantitative estimate of drug-likeness (QED) is 0.721. The second-order valence-electron chi connectivity index (χ2n) is 5.01. The van der Waals surface area contributed by atoms with E-state index < -0.39 is 5.54 Å². The number of carbonyl (C=O) groups is 2. The van der Waals surface area contributed by atoms with Crippen molar-refractivity contribution in [3.63, 3.8) is 0 Å². The molecule has 0 fully saturated rings. The van der Waals surface area contributed by atoms with E-state index in [4.69, 9.17) is 5.73 Å². The lowest BCUT2D eigenvalue weighted by Gasteiger charge is -2.17. The van der Waals surface area contributed by atoms with Gasteiger partial charge in [-0.15, -0.1) is 0 Å². The molecule has 0 aliphatic rings. The van der Waals surface area contributed by atoms with Gasteiger partial charge in [0.15, 0.2) is 0 Å². The van der Waals surface area contributed by atoms with Gasteiger partial charge in [0.2, 0.25) is 5.91 Å². The minimum absolute atomic E-state index is 0.117. The fourth-order valence-corrected chi connectivity index (χ4v) is 1.56. The molecule has 0 saturated carbocycles. The van der Waals surface area contributed by atoms with Crippen LogP contribution in [0.15, 0.2) is 24.3 Å². The zero-order valence-electron chi connectivity index (χ0n) is 11.6. The molecule has 19 heavy (non-hydrogen) atoms. The van der Waals surface area contributed by atoms with E-state index in [1.165, 1.54) is 0 Å². The van der Waals surface area contributed by atoms with Gasteiger partial charge in [-0.2, -0.15) is 0 Å². The van der Waals surface area contributed by atoms with Gasteiger partial charge in [0.05, 0.1) is 5.54 Å². The van der Waals surface area contributed by atoms with Gasteiger partial charge in [-0.3, -0.25) is 9.59 Å². The summed E-state index contributed by atoms with van der Waals surface area (Å²) in [6.45, 7) is 3.82. The number of nitrogens with one attached hydrogen (secondary N) is 2. The molecule has 0 heterocycles. The lowest BCUT2D eigenvalue weighted by atomic mass is 10.1. The highest BCUT2D eigenvalue weighted by molar-refractivity contribution is 5.94. The molecule has 0 bridgehead atoms. The Morgan fingerprint density at radius 3 is 2.58 bits per heavy atom. The van der Waals surface area contributed by atoms with Gasteiger partial charge >= 0.3 is 0 Å². The largest absolute Gasteiger partial charge is 0.355 e. The first-order valence-corrected chi connectivity index (χ1v) is 6.23. The number of nitrogens with two attached hydrogens (primary N) is 1. The van der Waals surface area contributed by atoms with Gasteiger partial charge < -0.3 is 16.4 Å². The minimum Gasteiger partial charge on any atom is -0.355 e. The van der Waals surface area contributed by atoms with Crippen molar-refractivity contribution < 1.29 is 9.59 Å². The van der Waals surface area contributed by atoms with Crippen LogP contribution in [0.2, 0.25) is 0 Å². The third-order valence-electron chi connectivity index (χ3n) is 2.70. The highest BCUT2D eigenvalue weighted by Crippen LogP contribution is 2.06. The molecule has 1 aromatic carbocycles. The molecule has 5 nitrogen and oxygen atoms in total. The van der Waals surface area contributed by atoms with Gasteiger partial charge in [-0.05, 0) is 38.0 Å². The average Bonchev–Trinajstić information content (AvgIpc) is 2.37. The molecule has 5 heteroatoms. The van der Waals surface area contributed by atoms with Crippen LogP contribution < -0.4 is 16.4 Å². The van der Waals surface area contributed by atoms with Gasteiger partial charge in [-0.1, -0.05) is 12.1 Å². The first kappa shape index (κ1) is 15.2. The SMILES string of the molecule is CNC(=O)c1cccc(CCNC(=O)C(C)(C)N)c1. The molecule has 1 aromatic rings. The van der Waals surface area contributed by atoms with E-state index in [0.29, 0.717) is 18.5 Å². The van der Waals surface area contributed by atoms with Crippen molar-refractivity contribution >= 4 is 11.8 Å². The predicted molar refractivity (Wildman–Crippen MR) is 74.8 cm³/mol. The van der Waals surface area contributed by atoms with Gasteiger partial charge in [-0.25, -0.2) is 0 Å². The minimum atomic E-state index is -0.871. The van der Waals surface area contributed by atoms with E-state index in [1.54, 1.807) is 27.0 Å². The molecular formula is C14H21N3O2. The van der Waals surface area contributed by atoms with Crippen molar-refractivity contribution in [2.24, 2.45) is 5.73 Å². The van der Waals surface area contributed by atoms with Crippen LogP contribution in [0.25, 0.3) is 0 Å². The first-order chi connectivity index (χ1) is 8.84. The average molecular weight is 263 g/mol. The van der Waals surface area contributed by atoms with E-state index >= 15 is 0 Å². The molecule has 0 unspecified atom stereocenters. The number of hydrogen-bond acceptors (Lipinski definition) is 3. The van der Waals surface area contributed by atoms with Gasteiger partial charge in [0.1, 0.15) is 0 Å². The van der Waals surface area contributed by atoms with E-state index in [9.17, 15) is 9.59 Å². The van der Waals surface area contributed by atoms with Crippen molar-refractivity contribution in [2.75, 3.05) is 13.6 Å². The summed E-state index contributed by atoms with van der Waals surface area (Å²) in [6, 6.07) is 7.32. The van der Waals surface area contributed by atoms with Gasteiger partial charge in [0.25, 0.3) is 5.91 Å². The Labute approximate surface area is 113 Å². The Balaban J connectivity index is 2.55.